The Labute approximate surface area is 112 Å². The number of rotatable bonds is 3. The van der Waals surface area contributed by atoms with Gasteiger partial charge in [-0.1, -0.05) is 11.6 Å². The Balaban J connectivity index is 2.05. The second-order valence-electron chi connectivity index (χ2n) is 3.62. The van der Waals surface area contributed by atoms with Crippen LogP contribution < -0.4 is 11.1 Å². The molecular weight excluding hydrogens is 275 g/mol. The number of carbonyl (C=O) groups excluding carboxylic acids is 1. The van der Waals surface area contributed by atoms with Crippen LogP contribution in [0.5, 0.6) is 0 Å². The van der Waals surface area contributed by atoms with Gasteiger partial charge in [-0.15, -0.1) is 11.3 Å². The Kier molecular flexibility index (Phi) is 3.84. The molecule has 3 N–H and O–H groups in total. The number of anilines is 1. The second kappa shape index (κ2) is 5.37. The quantitative estimate of drug-likeness (QED) is 0.851. The molecule has 0 radical (unpaired) electrons. The van der Waals surface area contributed by atoms with Crippen molar-refractivity contribution >= 4 is 34.5 Å². The summed E-state index contributed by atoms with van der Waals surface area (Å²) in [4.78, 5) is 12.7. The van der Waals surface area contributed by atoms with E-state index in [2.05, 4.69) is 5.32 Å². The minimum atomic E-state index is -0.492. The number of amides is 1. The van der Waals surface area contributed by atoms with Gasteiger partial charge in [-0.05, 0) is 30.3 Å². The molecule has 0 bridgehead atoms. The number of nitrogens with one attached hydrogen (secondary N) is 1. The van der Waals surface area contributed by atoms with Crippen molar-refractivity contribution in [3.8, 4) is 0 Å². The van der Waals surface area contributed by atoms with Crippen molar-refractivity contribution in [1.29, 1.82) is 0 Å². The highest BCUT2D eigenvalue weighted by molar-refractivity contribution is 7.16. The van der Waals surface area contributed by atoms with Crippen LogP contribution in [0.25, 0.3) is 0 Å². The number of carbonyl (C=O) groups is 1. The van der Waals surface area contributed by atoms with Crippen LogP contribution in [0.4, 0.5) is 10.1 Å². The summed E-state index contributed by atoms with van der Waals surface area (Å²) in [6.45, 7) is 0.339. The summed E-state index contributed by atoms with van der Waals surface area (Å²) in [6, 6.07) is 7.27. The summed E-state index contributed by atoms with van der Waals surface area (Å²) in [5.74, 6) is -0.898. The molecule has 0 saturated heterocycles. The highest BCUT2D eigenvalue weighted by Crippen LogP contribution is 2.21. The monoisotopic (exact) mass is 284 g/mol. The predicted molar refractivity (Wildman–Crippen MR) is 71.3 cm³/mol. The smallest absolute Gasteiger partial charge is 0.253 e. The van der Waals surface area contributed by atoms with Gasteiger partial charge in [0.1, 0.15) is 5.82 Å². The van der Waals surface area contributed by atoms with E-state index in [9.17, 15) is 9.18 Å². The molecule has 0 aliphatic carbocycles. The molecule has 0 spiro atoms. The van der Waals surface area contributed by atoms with E-state index in [4.69, 9.17) is 17.3 Å². The van der Waals surface area contributed by atoms with Crippen LogP contribution in [0.15, 0.2) is 30.3 Å². The molecule has 1 aromatic carbocycles. The molecule has 0 saturated carbocycles. The van der Waals surface area contributed by atoms with Crippen LogP contribution in [-0.4, -0.2) is 5.91 Å². The van der Waals surface area contributed by atoms with Gasteiger partial charge in [-0.25, -0.2) is 4.39 Å². The fraction of sp³-hybridized carbons (Fsp3) is 0.0833. The molecule has 0 aliphatic rings. The minimum absolute atomic E-state index is 0.137. The van der Waals surface area contributed by atoms with Crippen molar-refractivity contribution in [1.82, 2.24) is 5.32 Å². The molecule has 2 aromatic rings. The first kappa shape index (κ1) is 12.9. The van der Waals surface area contributed by atoms with Gasteiger partial charge in [0.2, 0.25) is 0 Å². The number of halogens is 2. The largest absolute Gasteiger partial charge is 0.398 e. The van der Waals surface area contributed by atoms with Crippen molar-refractivity contribution in [3.63, 3.8) is 0 Å². The summed E-state index contributed by atoms with van der Waals surface area (Å²) in [7, 11) is 0. The third-order valence-corrected chi connectivity index (χ3v) is 3.54. The Hall–Kier alpha value is -1.59. The number of hydrogen-bond acceptors (Lipinski definition) is 3. The van der Waals surface area contributed by atoms with E-state index < -0.39 is 11.7 Å². The van der Waals surface area contributed by atoms with Crippen LogP contribution in [0.2, 0.25) is 4.34 Å². The van der Waals surface area contributed by atoms with Gasteiger partial charge >= 0.3 is 0 Å². The lowest BCUT2D eigenvalue weighted by Crippen LogP contribution is -2.23. The van der Waals surface area contributed by atoms with Crippen molar-refractivity contribution in [2.24, 2.45) is 0 Å². The maximum Gasteiger partial charge on any atom is 0.253 e. The Morgan fingerprint density at radius 3 is 2.83 bits per heavy atom. The van der Waals surface area contributed by atoms with E-state index in [0.29, 0.717) is 10.9 Å². The molecule has 0 atom stereocenters. The van der Waals surface area contributed by atoms with E-state index in [1.54, 1.807) is 6.07 Å². The second-order valence-corrected chi connectivity index (χ2v) is 5.42. The van der Waals surface area contributed by atoms with Gasteiger partial charge in [0.25, 0.3) is 5.91 Å². The summed E-state index contributed by atoms with van der Waals surface area (Å²) in [5, 5.41) is 2.66. The maximum absolute atomic E-state index is 13.0. The first-order valence-electron chi connectivity index (χ1n) is 5.13. The summed E-state index contributed by atoms with van der Waals surface area (Å²) < 4.78 is 13.7. The highest BCUT2D eigenvalue weighted by atomic mass is 35.5. The average Bonchev–Trinajstić information content (AvgIpc) is 2.75. The fourth-order valence-electron chi connectivity index (χ4n) is 1.43. The van der Waals surface area contributed by atoms with Crippen LogP contribution >= 0.6 is 22.9 Å². The molecular formula is C12H10ClFN2OS. The molecule has 1 heterocycles. The minimum Gasteiger partial charge on any atom is -0.398 e. The Morgan fingerprint density at radius 2 is 2.17 bits per heavy atom. The third kappa shape index (κ3) is 3.00. The zero-order valence-electron chi connectivity index (χ0n) is 9.24. The normalized spacial score (nSPS) is 10.3. The zero-order chi connectivity index (χ0) is 13.1. The third-order valence-electron chi connectivity index (χ3n) is 2.31. The van der Waals surface area contributed by atoms with Crippen LogP contribution in [0, 0.1) is 5.82 Å². The first-order valence-corrected chi connectivity index (χ1v) is 6.33. The zero-order valence-corrected chi connectivity index (χ0v) is 10.8. The molecule has 18 heavy (non-hydrogen) atoms. The molecule has 0 aliphatic heterocycles. The molecule has 6 heteroatoms. The van der Waals surface area contributed by atoms with Gasteiger partial charge in [-0.2, -0.15) is 0 Å². The number of benzene rings is 1. The van der Waals surface area contributed by atoms with Crippen LogP contribution in [0.3, 0.4) is 0 Å². The number of thiophene rings is 1. The highest BCUT2D eigenvalue weighted by Gasteiger charge is 2.10. The molecule has 1 aromatic heterocycles. The van der Waals surface area contributed by atoms with E-state index >= 15 is 0 Å². The lowest BCUT2D eigenvalue weighted by Gasteiger charge is -2.06. The molecule has 0 unspecified atom stereocenters. The summed E-state index contributed by atoms with van der Waals surface area (Å²) in [6.07, 6.45) is 0. The van der Waals surface area contributed by atoms with Crippen LogP contribution in [-0.2, 0) is 6.54 Å². The lowest BCUT2D eigenvalue weighted by molar-refractivity contribution is 0.0952. The van der Waals surface area contributed by atoms with E-state index in [-0.39, 0.29) is 11.3 Å². The van der Waals surface area contributed by atoms with Gasteiger partial charge < -0.3 is 11.1 Å². The van der Waals surface area contributed by atoms with E-state index in [1.165, 1.54) is 23.5 Å². The fourth-order valence-corrected chi connectivity index (χ4v) is 2.46. The molecule has 3 nitrogen and oxygen atoms in total. The standard InChI is InChI=1S/C12H10ClFN2OS/c13-11-4-2-8(18-11)6-16-12(17)9-5-7(14)1-3-10(9)15/h1-5H,6,15H2,(H,16,17). The van der Waals surface area contributed by atoms with Gasteiger partial charge in [-0.3, -0.25) is 4.79 Å². The topological polar surface area (TPSA) is 55.1 Å². The Bertz CT molecular complexity index is 585. The maximum atomic E-state index is 13.0. The SMILES string of the molecule is Nc1ccc(F)cc1C(=O)NCc1ccc(Cl)s1. The number of nitrogen functional groups attached to an aromatic ring is 1. The van der Waals surface area contributed by atoms with Gasteiger partial charge in [0, 0.05) is 10.6 Å². The van der Waals surface area contributed by atoms with Crippen molar-refractivity contribution in [2.75, 3.05) is 5.73 Å². The molecule has 0 fully saturated rings. The van der Waals surface area contributed by atoms with Gasteiger partial charge in [0.05, 0.1) is 16.4 Å². The van der Waals surface area contributed by atoms with E-state index in [1.807, 2.05) is 6.07 Å². The molecule has 94 valence electrons. The first-order chi connectivity index (χ1) is 8.56. The molecule has 1 amide bonds. The number of hydrogen-bond donors (Lipinski definition) is 2. The summed E-state index contributed by atoms with van der Waals surface area (Å²) >= 11 is 7.15. The van der Waals surface area contributed by atoms with Crippen LogP contribution in [0.1, 0.15) is 15.2 Å². The van der Waals surface area contributed by atoms with E-state index in [0.717, 1.165) is 10.9 Å². The molecule has 2 rings (SSSR count). The van der Waals surface area contributed by atoms with Crippen molar-refractivity contribution in [2.45, 2.75) is 6.54 Å². The Morgan fingerprint density at radius 1 is 1.39 bits per heavy atom. The van der Waals surface area contributed by atoms with Gasteiger partial charge in [0.15, 0.2) is 0 Å². The predicted octanol–water partition coefficient (Wildman–Crippen LogP) is 3.05. The van der Waals surface area contributed by atoms with Crippen molar-refractivity contribution in [3.05, 3.63) is 50.9 Å². The summed E-state index contributed by atoms with van der Waals surface area (Å²) in [5.41, 5.74) is 6.00. The van der Waals surface area contributed by atoms with Crippen molar-refractivity contribution < 1.29 is 9.18 Å². The average molecular weight is 285 g/mol. The number of nitrogens with two attached hydrogens (primary N) is 1. The lowest BCUT2D eigenvalue weighted by atomic mass is 10.1.